The molecule has 1 amide bonds. The minimum absolute atomic E-state index is 0.0373. The molecule has 1 saturated heterocycles. The first-order valence-electron chi connectivity index (χ1n) is 7.74. The molecule has 1 unspecified atom stereocenters. The summed E-state index contributed by atoms with van der Waals surface area (Å²) in [7, 11) is 2.12. The van der Waals surface area contributed by atoms with Crippen LogP contribution in [0, 0.1) is 17.2 Å². The van der Waals surface area contributed by atoms with E-state index in [-0.39, 0.29) is 12.0 Å². The molecule has 1 aromatic heterocycles. The highest BCUT2D eigenvalue weighted by atomic mass is 32.1. The molecule has 1 saturated carbocycles. The highest BCUT2D eigenvalue weighted by Crippen LogP contribution is 2.29. The summed E-state index contributed by atoms with van der Waals surface area (Å²) in [5.41, 5.74) is 0.476. The molecule has 5 nitrogen and oxygen atoms in total. The number of morpholine rings is 1. The molecule has 0 aromatic carbocycles. The Hall–Kier alpha value is -1.42. The van der Waals surface area contributed by atoms with E-state index in [9.17, 15) is 4.79 Å². The van der Waals surface area contributed by atoms with E-state index in [2.05, 4.69) is 18.0 Å². The lowest BCUT2D eigenvalue weighted by molar-refractivity contribution is -0.0332. The Morgan fingerprint density at radius 2 is 2.36 bits per heavy atom. The maximum absolute atomic E-state index is 12.6. The molecule has 2 fully saturated rings. The summed E-state index contributed by atoms with van der Waals surface area (Å²) in [6.45, 7) is 3.76. The predicted molar refractivity (Wildman–Crippen MR) is 84.9 cm³/mol. The molecule has 3 rings (SSSR count). The quantitative estimate of drug-likeness (QED) is 0.830. The molecule has 2 heterocycles. The van der Waals surface area contributed by atoms with Crippen LogP contribution in [0.15, 0.2) is 11.4 Å². The van der Waals surface area contributed by atoms with Crippen LogP contribution in [-0.4, -0.2) is 61.6 Å². The largest absolute Gasteiger partial charge is 0.373 e. The number of hydrogen-bond acceptors (Lipinski definition) is 5. The van der Waals surface area contributed by atoms with Gasteiger partial charge in [0.2, 0.25) is 0 Å². The van der Waals surface area contributed by atoms with Crippen LogP contribution in [0.2, 0.25) is 0 Å². The van der Waals surface area contributed by atoms with Gasteiger partial charge in [0, 0.05) is 26.2 Å². The van der Waals surface area contributed by atoms with Gasteiger partial charge in [-0.15, -0.1) is 11.3 Å². The van der Waals surface area contributed by atoms with Crippen molar-refractivity contribution in [3.63, 3.8) is 0 Å². The molecule has 118 valence electrons. The van der Waals surface area contributed by atoms with Gasteiger partial charge in [0.25, 0.3) is 5.91 Å². The van der Waals surface area contributed by atoms with E-state index < -0.39 is 0 Å². The first-order chi connectivity index (χ1) is 10.7. The fourth-order valence-corrected chi connectivity index (χ4v) is 3.69. The van der Waals surface area contributed by atoms with Gasteiger partial charge >= 0.3 is 0 Å². The van der Waals surface area contributed by atoms with Crippen molar-refractivity contribution in [3.05, 3.63) is 21.9 Å². The van der Waals surface area contributed by atoms with Crippen LogP contribution in [0.1, 0.15) is 28.1 Å². The second-order valence-electron chi connectivity index (χ2n) is 6.18. The summed E-state index contributed by atoms with van der Waals surface area (Å²) < 4.78 is 5.81. The average Bonchev–Trinajstić information content (AvgIpc) is 3.19. The molecule has 0 spiro atoms. The Morgan fingerprint density at radius 1 is 1.55 bits per heavy atom. The van der Waals surface area contributed by atoms with E-state index in [1.165, 1.54) is 24.2 Å². The summed E-state index contributed by atoms with van der Waals surface area (Å²) in [6.07, 6.45) is 2.75. The number of likely N-dealkylation sites (N-methyl/N-ethyl adjacent to an activating group) is 1. The monoisotopic (exact) mass is 319 g/mol. The molecule has 6 heteroatoms. The molecule has 1 atom stereocenters. The van der Waals surface area contributed by atoms with E-state index in [1.807, 2.05) is 4.90 Å². The van der Waals surface area contributed by atoms with Gasteiger partial charge in [-0.1, -0.05) is 0 Å². The predicted octanol–water partition coefficient (Wildman–Crippen LogP) is 1.80. The van der Waals surface area contributed by atoms with Gasteiger partial charge in [0.05, 0.1) is 18.3 Å². The number of hydrogen-bond donors (Lipinski definition) is 0. The van der Waals surface area contributed by atoms with Crippen molar-refractivity contribution in [1.82, 2.24) is 9.80 Å². The van der Waals surface area contributed by atoms with Gasteiger partial charge in [-0.05, 0) is 37.3 Å². The van der Waals surface area contributed by atoms with Gasteiger partial charge in [0.15, 0.2) is 0 Å². The second kappa shape index (κ2) is 6.78. The lowest BCUT2D eigenvalue weighted by atomic mass is 10.2. The van der Waals surface area contributed by atoms with Crippen molar-refractivity contribution in [2.75, 3.05) is 39.8 Å². The topological polar surface area (TPSA) is 56.6 Å². The minimum atomic E-state index is -0.0373. The third kappa shape index (κ3) is 3.67. The zero-order chi connectivity index (χ0) is 15.5. The van der Waals surface area contributed by atoms with Crippen molar-refractivity contribution in [2.24, 2.45) is 5.92 Å². The number of nitriles is 1. The summed E-state index contributed by atoms with van der Waals surface area (Å²) >= 11 is 1.34. The fraction of sp³-hybridized carbons (Fsp3) is 0.625. The van der Waals surface area contributed by atoms with Crippen LogP contribution in [0.3, 0.4) is 0 Å². The van der Waals surface area contributed by atoms with Gasteiger partial charge in [-0.25, -0.2) is 0 Å². The Bertz CT molecular complexity index is 576. The summed E-state index contributed by atoms with van der Waals surface area (Å²) in [4.78, 5) is 17.3. The van der Waals surface area contributed by atoms with Crippen molar-refractivity contribution >= 4 is 17.2 Å². The van der Waals surface area contributed by atoms with Crippen LogP contribution in [-0.2, 0) is 4.74 Å². The molecule has 0 N–H and O–H groups in total. The molecule has 0 bridgehead atoms. The van der Waals surface area contributed by atoms with Crippen molar-refractivity contribution in [2.45, 2.75) is 18.9 Å². The summed E-state index contributed by atoms with van der Waals surface area (Å²) in [5, 5.41) is 10.9. The van der Waals surface area contributed by atoms with Crippen LogP contribution in [0.4, 0.5) is 0 Å². The Kier molecular flexibility index (Phi) is 4.77. The van der Waals surface area contributed by atoms with Crippen molar-refractivity contribution < 1.29 is 9.53 Å². The van der Waals surface area contributed by atoms with E-state index in [0.717, 1.165) is 19.0 Å². The molecule has 1 aromatic rings. The van der Waals surface area contributed by atoms with Gasteiger partial charge in [-0.2, -0.15) is 5.26 Å². The van der Waals surface area contributed by atoms with Crippen LogP contribution in [0.5, 0.6) is 0 Å². The van der Waals surface area contributed by atoms with Gasteiger partial charge < -0.3 is 14.5 Å². The van der Waals surface area contributed by atoms with E-state index in [0.29, 0.717) is 30.1 Å². The standard InChI is InChI=1S/C16H21N3O2S/c1-18(9-12-2-3-12)10-14-11-19(5-6-21-14)16(20)15-13(8-17)4-7-22-15/h4,7,12,14H,2-3,5-6,9-11H2,1H3. The van der Waals surface area contributed by atoms with Gasteiger partial charge in [-0.3, -0.25) is 4.79 Å². The first kappa shape index (κ1) is 15.5. The Labute approximate surface area is 135 Å². The van der Waals surface area contributed by atoms with Crippen molar-refractivity contribution in [1.29, 1.82) is 5.26 Å². The number of thiophene rings is 1. The van der Waals surface area contributed by atoms with Crippen LogP contribution >= 0.6 is 11.3 Å². The Balaban J connectivity index is 1.57. The maximum atomic E-state index is 12.6. The molecule has 0 radical (unpaired) electrons. The maximum Gasteiger partial charge on any atom is 0.265 e. The number of amides is 1. The molecular weight excluding hydrogens is 298 g/mol. The molecule has 1 aliphatic carbocycles. The zero-order valence-electron chi connectivity index (χ0n) is 12.8. The van der Waals surface area contributed by atoms with Crippen LogP contribution in [0.25, 0.3) is 0 Å². The van der Waals surface area contributed by atoms with E-state index in [1.54, 1.807) is 11.4 Å². The lowest BCUT2D eigenvalue weighted by Crippen LogP contribution is -2.49. The normalized spacial score (nSPS) is 21.9. The number of ether oxygens (including phenoxy) is 1. The third-order valence-electron chi connectivity index (χ3n) is 4.19. The first-order valence-corrected chi connectivity index (χ1v) is 8.62. The third-order valence-corrected chi connectivity index (χ3v) is 5.09. The molecular formula is C16H21N3O2S. The highest BCUT2D eigenvalue weighted by molar-refractivity contribution is 7.12. The van der Waals surface area contributed by atoms with Crippen LogP contribution < -0.4 is 0 Å². The summed E-state index contributed by atoms with van der Waals surface area (Å²) in [5.74, 6) is 0.820. The fourth-order valence-electron chi connectivity index (χ4n) is 2.88. The van der Waals surface area contributed by atoms with Gasteiger partial charge in [0.1, 0.15) is 10.9 Å². The zero-order valence-corrected chi connectivity index (χ0v) is 13.6. The number of carbonyl (C=O) groups excluding carboxylic acids is 1. The number of rotatable bonds is 5. The average molecular weight is 319 g/mol. The highest BCUT2D eigenvalue weighted by Gasteiger charge is 2.29. The number of nitrogens with zero attached hydrogens (tertiary/aromatic N) is 3. The van der Waals surface area contributed by atoms with E-state index in [4.69, 9.17) is 10.00 Å². The lowest BCUT2D eigenvalue weighted by Gasteiger charge is -2.34. The minimum Gasteiger partial charge on any atom is -0.373 e. The second-order valence-corrected chi connectivity index (χ2v) is 7.10. The number of carbonyl (C=O) groups is 1. The van der Waals surface area contributed by atoms with E-state index >= 15 is 0 Å². The molecule has 1 aliphatic heterocycles. The SMILES string of the molecule is CN(CC1CC1)CC1CN(C(=O)c2sccc2C#N)CCO1. The smallest absolute Gasteiger partial charge is 0.265 e. The summed E-state index contributed by atoms with van der Waals surface area (Å²) in [6, 6.07) is 3.80. The molecule has 22 heavy (non-hydrogen) atoms. The molecule has 2 aliphatic rings. The van der Waals surface area contributed by atoms with Crippen molar-refractivity contribution in [3.8, 4) is 6.07 Å². The Morgan fingerprint density at radius 3 is 3.09 bits per heavy atom.